The van der Waals surface area contributed by atoms with Crippen LogP contribution in [0.5, 0.6) is 17.2 Å². The lowest BCUT2D eigenvalue weighted by molar-refractivity contribution is -0.131. The largest absolute Gasteiger partial charge is 0.493 e. The van der Waals surface area contributed by atoms with Crippen LogP contribution in [-0.4, -0.2) is 50.9 Å². The molecule has 1 heterocycles. The Balaban J connectivity index is 2.38. The van der Waals surface area contributed by atoms with Crippen molar-refractivity contribution in [2.75, 3.05) is 27.9 Å². The van der Waals surface area contributed by atoms with Crippen LogP contribution in [0.1, 0.15) is 32.3 Å². The molecule has 1 saturated heterocycles. The maximum Gasteiger partial charge on any atom is 0.417 e. The van der Waals surface area contributed by atoms with Crippen molar-refractivity contribution in [3.63, 3.8) is 0 Å². The Morgan fingerprint density at radius 3 is 2.12 bits per heavy atom. The van der Waals surface area contributed by atoms with Crippen LogP contribution in [0, 0.1) is 5.92 Å². The van der Waals surface area contributed by atoms with Gasteiger partial charge in [0.1, 0.15) is 6.61 Å². The highest BCUT2D eigenvalue weighted by Gasteiger charge is 2.41. The minimum absolute atomic E-state index is 0.113. The van der Waals surface area contributed by atoms with E-state index in [4.69, 9.17) is 18.9 Å². The first-order valence-corrected chi connectivity index (χ1v) is 8.15. The molecular formula is C18H25NO6. The molecule has 0 aromatic heterocycles. The molecule has 0 aliphatic carbocycles. The van der Waals surface area contributed by atoms with Gasteiger partial charge in [-0.1, -0.05) is 13.8 Å². The molecule has 25 heavy (non-hydrogen) atoms. The highest BCUT2D eigenvalue weighted by molar-refractivity contribution is 5.97. The van der Waals surface area contributed by atoms with E-state index in [1.165, 1.54) is 26.2 Å². The van der Waals surface area contributed by atoms with Crippen LogP contribution in [-0.2, 0) is 9.53 Å². The van der Waals surface area contributed by atoms with E-state index in [1.54, 1.807) is 19.1 Å². The van der Waals surface area contributed by atoms with Crippen LogP contribution in [0.4, 0.5) is 4.79 Å². The number of hydrogen-bond acceptors (Lipinski definition) is 6. The normalized spacial score (nSPS) is 18.1. The number of carbonyl (C=O) groups excluding carboxylic acids is 2. The predicted octanol–water partition coefficient (Wildman–Crippen LogP) is 2.82. The SMILES string of the molecule is COc1cc([C@H](C)C(=O)N2C(=O)OCC2C(C)C)cc(OC)c1OC. The summed E-state index contributed by atoms with van der Waals surface area (Å²) in [4.78, 5) is 26.2. The van der Waals surface area contributed by atoms with Crippen LogP contribution >= 0.6 is 0 Å². The summed E-state index contributed by atoms with van der Waals surface area (Å²) in [6.45, 7) is 5.88. The third-order valence-corrected chi connectivity index (χ3v) is 4.47. The third kappa shape index (κ3) is 3.50. The summed E-state index contributed by atoms with van der Waals surface area (Å²) >= 11 is 0. The van der Waals surface area contributed by atoms with E-state index >= 15 is 0 Å². The quantitative estimate of drug-likeness (QED) is 0.785. The van der Waals surface area contributed by atoms with E-state index in [9.17, 15) is 9.59 Å². The van der Waals surface area contributed by atoms with Gasteiger partial charge in [-0.15, -0.1) is 0 Å². The van der Waals surface area contributed by atoms with Gasteiger partial charge < -0.3 is 18.9 Å². The molecule has 1 aliphatic heterocycles. The highest BCUT2D eigenvalue weighted by atomic mass is 16.6. The van der Waals surface area contributed by atoms with Gasteiger partial charge in [-0.2, -0.15) is 0 Å². The molecule has 7 heteroatoms. The number of amides is 2. The van der Waals surface area contributed by atoms with Crippen molar-refractivity contribution in [3.05, 3.63) is 17.7 Å². The van der Waals surface area contributed by atoms with Gasteiger partial charge in [-0.05, 0) is 30.5 Å². The first kappa shape index (κ1) is 18.9. The average Bonchev–Trinajstić information content (AvgIpc) is 3.00. The van der Waals surface area contributed by atoms with Crippen molar-refractivity contribution >= 4 is 12.0 Å². The van der Waals surface area contributed by atoms with Crippen molar-refractivity contribution in [1.82, 2.24) is 4.90 Å². The number of methoxy groups -OCH3 is 3. The lowest BCUT2D eigenvalue weighted by Crippen LogP contribution is -2.43. The van der Waals surface area contributed by atoms with E-state index in [2.05, 4.69) is 0 Å². The summed E-state index contributed by atoms with van der Waals surface area (Å²) in [6.07, 6.45) is -0.594. The van der Waals surface area contributed by atoms with Gasteiger partial charge in [0.2, 0.25) is 11.7 Å². The number of ether oxygens (including phenoxy) is 4. The Morgan fingerprint density at radius 1 is 1.12 bits per heavy atom. The third-order valence-electron chi connectivity index (χ3n) is 4.47. The molecule has 1 aromatic carbocycles. The van der Waals surface area contributed by atoms with E-state index in [0.29, 0.717) is 22.8 Å². The molecule has 7 nitrogen and oxygen atoms in total. The molecule has 138 valence electrons. The smallest absolute Gasteiger partial charge is 0.417 e. The summed E-state index contributed by atoms with van der Waals surface area (Å²) in [5.41, 5.74) is 0.668. The zero-order chi connectivity index (χ0) is 18.7. The minimum atomic E-state index is -0.594. The molecule has 0 N–H and O–H groups in total. The van der Waals surface area contributed by atoms with Crippen molar-refractivity contribution < 1.29 is 28.5 Å². The molecular weight excluding hydrogens is 326 g/mol. The number of imide groups is 1. The van der Waals surface area contributed by atoms with Crippen LogP contribution in [0.25, 0.3) is 0 Å². The fourth-order valence-corrected chi connectivity index (χ4v) is 2.88. The second-order valence-electron chi connectivity index (χ2n) is 6.28. The second-order valence-corrected chi connectivity index (χ2v) is 6.28. The van der Waals surface area contributed by atoms with Crippen LogP contribution in [0.3, 0.4) is 0 Å². The fraction of sp³-hybridized carbons (Fsp3) is 0.556. The lowest BCUT2D eigenvalue weighted by atomic mass is 9.96. The molecule has 1 aromatic rings. The number of benzene rings is 1. The van der Waals surface area contributed by atoms with Crippen LogP contribution < -0.4 is 14.2 Å². The number of rotatable bonds is 6. The van der Waals surface area contributed by atoms with Gasteiger partial charge in [0, 0.05) is 0 Å². The molecule has 0 saturated carbocycles. The Bertz CT molecular complexity index is 632. The van der Waals surface area contributed by atoms with Crippen LogP contribution in [0.2, 0.25) is 0 Å². The summed E-state index contributed by atoms with van der Waals surface area (Å²) in [5, 5.41) is 0. The van der Waals surface area contributed by atoms with Gasteiger partial charge in [0.05, 0.1) is 33.3 Å². The van der Waals surface area contributed by atoms with Gasteiger partial charge in [0.15, 0.2) is 11.5 Å². The van der Waals surface area contributed by atoms with Crippen molar-refractivity contribution in [2.45, 2.75) is 32.7 Å². The van der Waals surface area contributed by atoms with Crippen molar-refractivity contribution in [3.8, 4) is 17.2 Å². The van der Waals surface area contributed by atoms with Crippen LogP contribution in [0.15, 0.2) is 12.1 Å². The molecule has 2 atom stereocenters. The highest BCUT2D eigenvalue weighted by Crippen LogP contribution is 2.40. The predicted molar refractivity (Wildman–Crippen MR) is 91.3 cm³/mol. The maximum absolute atomic E-state index is 12.9. The number of nitrogens with zero attached hydrogens (tertiary/aromatic N) is 1. The molecule has 1 aliphatic rings. The van der Waals surface area contributed by atoms with Crippen molar-refractivity contribution in [2.24, 2.45) is 5.92 Å². The van der Waals surface area contributed by atoms with E-state index < -0.39 is 12.0 Å². The summed E-state index contributed by atoms with van der Waals surface area (Å²) in [6, 6.07) is 3.18. The van der Waals surface area contributed by atoms with Gasteiger partial charge in [0.25, 0.3) is 0 Å². The molecule has 0 bridgehead atoms. The molecule has 2 rings (SSSR count). The molecule has 1 fully saturated rings. The number of carbonyl (C=O) groups is 2. The molecule has 2 amide bonds. The standard InChI is InChI=1S/C18H25NO6/c1-10(2)13-9-25-18(21)19(13)17(20)11(3)12-7-14(22-4)16(24-6)15(8-12)23-5/h7-8,10-11,13H,9H2,1-6H3/t11-,13?/m0/s1. The molecule has 0 spiro atoms. The topological polar surface area (TPSA) is 74.3 Å². The Hall–Kier alpha value is -2.44. The number of cyclic esters (lactones) is 1. The fourth-order valence-electron chi connectivity index (χ4n) is 2.88. The summed E-state index contributed by atoms with van der Waals surface area (Å²) in [7, 11) is 4.54. The maximum atomic E-state index is 12.9. The number of hydrogen-bond donors (Lipinski definition) is 0. The van der Waals surface area contributed by atoms with E-state index in [0.717, 1.165) is 0 Å². The minimum Gasteiger partial charge on any atom is -0.493 e. The second kappa shape index (κ2) is 7.63. The zero-order valence-corrected chi connectivity index (χ0v) is 15.5. The monoisotopic (exact) mass is 351 g/mol. The van der Waals surface area contributed by atoms with Crippen molar-refractivity contribution in [1.29, 1.82) is 0 Å². The van der Waals surface area contributed by atoms with Gasteiger partial charge in [-0.25, -0.2) is 9.69 Å². The summed E-state index contributed by atoms with van der Waals surface area (Å²) < 4.78 is 21.0. The first-order valence-electron chi connectivity index (χ1n) is 8.15. The van der Waals surface area contributed by atoms with Gasteiger partial charge in [-0.3, -0.25) is 4.79 Å². The molecule has 1 unspecified atom stereocenters. The van der Waals surface area contributed by atoms with E-state index in [-0.39, 0.29) is 24.5 Å². The Labute approximate surface area is 147 Å². The summed E-state index contributed by atoms with van der Waals surface area (Å²) in [5.74, 6) is 0.606. The van der Waals surface area contributed by atoms with E-state index in [1.807, 2.05) is 13.8 Å². The first-order chi connectivity index (χ1) is 11.8. The molecule has 0 radical (unpaired) electrons. The Morgan fingerprint density at radius 2 is 1.68 bits per heavy atom. The Kier molecular flexibility index (Phi) is 5.77. The zero-order valence-electron chi connectivity index (χ0n) is 15.5. The average molecular weight is 351 g/mol. The van der Waals surface area contributed by atoms with Gasteiger partial charge >= 0.3 is 6.09 Å². The lowest BCUT2D eigenvalue weighted by Gasteiger charge is -2.26.